The van der Waals surface area contributed by atoms with E-state index in [0.717, 1.165) is 25.2 Å². The standard InChI is InChI=1S/C11H14N4O4S/c16-15(17)11-2-1-9(6-13-11)20(18,19)14-4-3-8-5-12-7-10(8)14/h1-2,6,8,10,12H,3-5,7H2/t8-,10+/m0/s1. The first-order chi connectivity index (χ1) is 9.50. The molecule has 3 rings (SSSR count). The van der Waals surface area contributed by atoms with Gasteiger partial charge in [-0.05, 0) is 34.9 Å². The molecule has 20 heavy (non-hydrogen) atoms. The number of pyridine rings is 1. The molecular weight excluding hydrogens is 284 g/mol. The molecule has 0 unspecified atom stereocenters. The van der Waals surface area contributed by atoms with Crippen molar-refractivity contribution in [2.45, 2.75) is 17.4 Å². The van der Waals surface area contributed by atoms with Crippen molar-refractivity contribution in [3.63, 3.8) is 0 Å². The van der Waals surface area contributed by atoms with Crippen LogP contribution in [-0.4, -0.2) is 48.3 Å². The van der Waals surface area contributed by atoms with Crippen LogP contribution in [-0.2, 0) is 10.0 Å². The van der Waals surface area contributed by atoms with Crippen LogP contribution in [0.15, 0.2) is 23.2 Å². The number of aromatic nitrogens is 1. The lowest BCUT2D eigenvalue weighted by atomic mass is 10.1. The third kappa shape index (κ3) is 2.07. The van der Waals surface area contributed by atoms with Gasteiger partial charge < -0.3 is 15.4 Å². The van der Waals surface area contributed by atoms with E-state index in [1.165, 1.54) is 10.4 Å². The summed E-state index contributed by atoms with van der Waals surface area (Å²) in [5, 5.41) is 13.7. The highest BCUT2D eigenvalue weighted by Crippen LogP contribution is 2.32. The van der Waals surface area contributed by atoms with Gasteiger partial charge in [0.05, 0.1) is 0 Å². The van der Waals surface area contributed by atoms with Crippen LogP contribution in [0.4, 0.5) is 5.82 Å². The number of rotatable bonds is 3. The van der Waals surface area contributed by atoms with E-state index in [-0.39, 0.29) is 16.8 Å². The van der Waals surface area contributed by atoms with Crippen LogP contribution in [0.25, 0.3) is 0 Å². The van der Waals surface area contributed by atoms with Crippen LogP contribution in [0, 0.1) is 16.0 Å². The number of hydrogen-bond acceptors (Lipinski definition) is 6. The van der Waals surface area contributed by atoms with E-state index in [1.54, 1.807) is 0 Å². The van der Waals surface area contributed by atoms with E-state index < -0.39 is 14.9 Å². The van der Waals surface area contributed by atoms with Crippen molar-refractivity contribution in [1.29, 1.82) is 0 Å². The molecule has 2 fully saturated rings. The molecule has 1 N–H and O–H groups in total. The molecule has 0 saturated carbocycles. The number of nitrogens with one attached hydrogen (secondary N) is 1. The van der Waals surface area contributed by atoms with Crippen molar-refractivity contribution < 1.29 is 13.3 Å². The predicted molar refractivity (Wildman–Crippen MR) is 69.5 cm³/mol. The van der Waals surface area contributed by atoms with Gasteiger partial charge in [-0.25, -0.2) is 8.42 Å². The van der Waals surface area contributed by atoms with Crippen LogP contribution < -0.4 is 5.32 Å². The zero-order valence-corrected chi connectivity index (χ0v) is 11.4. The summed E-state index contributed by atoms with van der Waals surface area (Å²) in [5.74, 6) is 0.00145. The van der Waals surface area contributed by atoms with Crippen molar-refractivity contribution in [1.82, 2.24) is 14.6 Å². The number of nitro groups is 1. The summed E-state index contributed by atoms with van der Waals surface area (Å²) in [6.07, 6.45) is 1.90. The maximum absolute atomic E-state index is 12.5. The van der Waals surface area contributed by atoms with Crippen LogP contribution in [0.1, 0.15) is 6.42 Å². The van der Waals surface area contributed by atoms with Gasteiger partial charge in [0.2, 0.25) is 10.0 Å². The molecule has 0 aromatic carbocycles. The van der Waals surface area contributed by atoms with Crippen molar-refractivity contribution in [2.24, 2.45) is 5.92 Å². The Morgan fingerprint density at radius 2 is 2.20 bits per heavy atom. The smallest absolute Gasteiger partial charge is 0.358 e. The zero-order valence-electron chi connectivity index (χ0n) is 10.6. The highest BCUT2D eigenvalue weighted by molar-refractivity contribution is 7.89. The molecule has 8 nitrogen and oxygen atoms in total. The first kappa shape index (κ1) is 13.4. The van der Waals surface area contributed by atoms with E-state index in [2.05, 4.69) is 10.3 Å². The lowest BCUT2D eigenvalue weighted by Gasteiger charge is -2.22. The Labute approximate surface area is 116 Å². The van der Waals surface area contributed by atoms with Gasteiger partial charge in [0.25, 0.3) is 0 Å². The fourth-order valence-corrected chi connectivity index (χ4v) is 4.52. The SMILES string of the molecule is O=[N+]([O-])c1ccc(S(=O)(=O)N2CC[C@H]3CNC[C@H]32)cn1. The Bertz CT molecular complexity index is 630. The van der Waals surface area contributed by atoms with Gasteiger partial charge in [0.15, 0.2) is 6.20 Å². The first-order valence-corrected chi connectivity index (χ1v) is 7.77. The van der Waals surface area contributed by atoms with E-state index in [1.807, 2.05) is 0 Å². The Balaban J connectivity index is 1.90. The summed E-state index contributed by atoms with van der Waals surface area (Å²) in [7, 11) is -3.63. The Kier molecular flexibility index (Phi) is 3.19. The van der Waals surface area contributed by atoms with Gasteiger partial charge in [-0.1, -0.05) is 0 Å². The molecule has 0 amide bonds. The molecule has 1 aromatic rings. The van der Waals surface area contributed by atoms with Gasteiger partial charge in [-0.15, -0.1) is 0 Å². The third-order valence-corrected chi connectivity index (χ3v) is 5.82. The van der Waals surface area contributed by atoms with Crippen LogP contribution in [0.2, 0.25) is 0 Å². The number of fused-ring (bicyclic) bond motifs is 1. The largest absolute Gasteiger partial charge is 0.363 e. The second-order valence-electron chi connectivity index (χ2n) is 5.00. The molecule has 0 bridgehead atoms. The Hall–Kier alpha value is -1.58. The second kappa shape index (κ2) is 4.76. The van der Waals surface area contributed by atoms with Gasteiger partial charge in [0.1, 0.15) is 4.90 Å². The summed E-state index contributed by atoms with van der Waals surface area (Å²) in [6, 6.07) is 2.35. The molecule has 0 aliphatic carbocycles. The van der Waals surface area contributed by atoms with Crippen LogP contribution in [0.3, 0.4) is 0 Å². The summed E-state index contributed by atoms with van der Waals surface area (Å²) in [5.41, 5.74) is 0. The Morgan fingerprint density at radius 1 is 1.40 bits per heavy atom. The summed E-state index contributed by atoms with van der Waals surface area (Å²) < 4.78 is 26.6. The molecule has 1 aromatic heterocycles. The fourth-order valence-electron chi connectivity index (χ4n) is 2.88. The molecule has 3 heterocycles. The highest BCUT2D eigenvalue weighted by Gasteiger charge is 2.44. The van der Waals surface area contributed by atoms with E-state index >= 15 is 0 Å². The normalized spacial score (nSPS) is 26.6. The fraction of sp³-hybridized carbons (Fsp3) is 0.545. The van der Waals surface area contributed by atoms with E-state index in [0.29, 0.717) is 19.0 Å². The molecule has 2 aliphatic rings. The molecule has 0 spiro atoms. The minimum Gasteiger partial charge on any atom is -0.358 e. The topological polar surface area (TPSA) is 105 Å². The third-order valence-electron chi connectivity index (χ3n) is 3.91. The van der Waals surface area contributed by atoms with Crippen molar-refractivity contribution in [3.05, 3.63) is 28.4 Å². The van der Waals surface area contributed by atoms with Gasteiger partial charge in [-0.2, -0.15) is 4.31 Å². The molecule has 108 valence electrons. The maximum atomic E-state index is 12.5. The van der Waals surface area contributed by atoms with Gasteiger partial charge in [0, 0.05) is 25.2 Å². The molecule has 9 heteroatoms. The molecule has 2 saturated heterocycles. The predicted octanol–water partition coefficient (Wildman–Crippen LogP) is -0.0278. The highest BCUT2D eigenvalue weighted by atomic mass is 32.2. The molecule has 2 aliphatic heterocycles. The average molecular weight is 298 g/mol. The Morgan fingerprint density at radius 3 is 2.85 bits per heavy atom. The maximum Gasteiger partial charge on any atom is 0.363 e. The van der Waals surface area contributed by atoms with Crippen molar-refractivity contribution >= 4 is 15.8 Å². The summed E-state index contributed by atoms with van der Waals surface area (Å²) in [6.45, 7) is 2.00. The molecular formula is C11H14N4O4S. The summed E-state index contributed by atoms with van der Waals surface area (Å²) in [4.78, 5) is 13.5. The zero-order chi connectivity index (χ0) is 14.3. The second-order valence-corrected chi connectivity index (χ2v) is 6.89. The minimum absolute atomic E-state index is 0.00986. The number of sulfonamides is 1. The van der Waals surface area contributed by atoms with Crippen LogP contribution >= 0.6 is 0 Å². The average Bonchev–Trinajstić information content (AvgIpc) is 3.00. The molecule has 0 radical (unpaired) electrons. The monoisotopic (exact) mass is 298 g/mol. The van der Waals surface area contributed by atoms with Crippen molar-refractivity contribution in [2.75, 3.05) is 19.6 Å². The van der Waals surface area contributed by atoms with Crippen LogP contribution in [0.5, 0.6) is 0 Å². The molecule has 2 atom stereocenters. The van der Waals surface area contributed by atoms with E-state index in [9.17, 15) is 18.5 Å². The first-order valence-electron chi connectivity index (χ1n) is 6.33. The number of nitrogens with zero attached hydrogens (tertiary/aromatic N) is 3. The minimum atomic E-state index is -3.63. The van der Waals surface area contributed by atoms with E-state index in [4.69, 9.17) is 0 Å². The van der Waals surface area contributed by atoms with Gasteiger partial charge >= 0.3 is 5.82 Å². The lowest BCUT2D eigenvalue weighted by Crippen LogP contribution is -2.39. The lowest BCUT2D eigenvalue weighted by molar-refractivity contribution is -0.389. The van der Waals surface area contributed by atoms with Crippen molar-refractivity contribution in [3.8, 4) is 0 Å². The van der Waals surface area contributed by atoms with Gasteiger partial charge in [-0.3, -0.25) is 0 Å². The quantitative estimate of drug-likeness (QED) is 0.620. The summed E-state index contributed by atoms with van der Waals surface area (Å²) >= 11 is 0. The number of hydrogen-bond donors (Lipinski definition) is 1.